The minimum Gasteiger partial charge on any atom is -0.293 e. The lowest BCUT2D eigenvalue weighted by atomic mass is 9.83. The molecule has 1 nitrogen and oxygen atoms in total. The Morgan fingerprint density at radius 2 is 1.75 bits per heavy atom. The van der Waals surface area contributed by atoms with Crippen LogP contribution in [-0.2, 0) is 0 Å². The molecule has 0 radical (unpaired) electrons. The van der Waals surface area contributed by atoms with E-state index in [2.05, 4.69) is 64.1 Å². The summed E-state index contributed by atoms with van der Waals surface area (Å²) in [6.07, 6.45) is 6.61. The maximum Gasteiger partial charge on any atom is 0.170 e. The van der Waals surface area contributed by atoms with Crippen LogP contribution in [0.4, 0.5) is 0 Å². The fourth-order valence-electron chi connectivity index (χ4n) is 3.24. The van der Waals surface area contributed by atoms with Crippen LogP contribution in [0, 0.1) is 11.8 Å². The molecular weight excluding hydrogens is 244 g/mol. The van der Waals surface area contributed by atoms with Gasteiger partial charge in [0.25, 0.3) is 0 Å². The average molecular weight is 266 g/mol. The van der Waals surface area contributed by atoms with Gasteiger partial charge in [-0.05, 0) is 34.6 Å². The molecule has 3 rings (SSSR count). The van der Waals surface area contributed by atoms with E-state index in [0.717, 1.165) is 5.56 Å². The van der Waals surface area contributed by atoms with Crippen molar-refractivity contribution < 1.29 is 4.79 Å². The fourth-order valence-corrected chi connectivity index (χ4v) is 3.24. The first kappa shape index (κ1) is 13.4. The van der Waals surface area contributed by atoms with Crippen molar-refractivity contribution in [1.29, 1.82) is 0 Å². The molecule has 104 valence electrons. The van der Waals surface area contributed by atoms with E-state index >= 15 is 0 Å². The van der Waals surface area contributed by atoms with E-state index in [4.69, 9.17) is 0 Å². The molecule has 0 aromatic heterocycles. The quantitative estimate of drug-likeness (QED) is 0.747. The SMILES string of the molecule is CC(C)C1=CC2C(=O)c3cc(C(C)C)ccc3C2C=C1. The first-order valence-corrected chi connectivity index (χ1v) is 7.57. The average Bonchev–Trinajstić information content (AvgIpc) is 2.71. The van der Waals surface area contributed by atoms with Gasteiger partial charge in [-0.2, -0.15) is 0 Å². The second-order valence-corrected chi connectivity index (χ2v) is 6.60. The summed E-state index contributed by atoms with van der Waals surface area (Å²) < 4.78 is 0. The van der Waals surface area contributed by atoms with E-state index in [1.807, 2.05) is 0 Å². The molecule has 0 amide bonds. The van der Waals surface area contributed by atoms with Crippen molar-refractivity contribution in [3.8, 4) is 0 Å². The molecular formula is C19H22O. The van der Waals surface area contributed by atoms with Gasteiger partial charge in [0.1, 0.15) is 0 Å². The summed E-state index contributed by atoms with van der Waals surface area (Å²) in [7, 11) is 0. The van der Waals surface area contributed by atoms with Crippen LogP contribution in [0.1, 0.15) is 61.0 Å². The maximum atomic E-state index is 12.7. The van der Waals surface area contributed by atoms with Crippen molar-refractivity contribution in [2.24, 2.45) is 11.8 Å². The second-order valence-electron chi connectivity index (χ2n) is 6.60. The predicted octanol–water partition coefficient (Wildman–Crippen LogP) is 4.86. The summed E-state index contributed by atoms with van der Waals surface area (Å²) in [5.74, 6) is 1.52. The molecule has 2 unspecified atom stereocenters. The molecule has 0 fully saturated rings. The summed E-state index contributed by atoms with van der Waals surface area (Å²) in [5.41, 5.74) is 4.70. The van der Waals surface area contributed by atoms with Gasteiger partial charge in [-0.15, -0.1) is 0 Å². The van der Waals surface area contributed by atoms with Crippen molar-refractivity contribution in [3.05, 3.63) is 58.7 Å². The Hall–Kier alpha value is -1.63. The van der Waals surface area contributed by atoms with Gasteiger partial charge in [0.05, 0.1) is 5.92 Å². The standard InChI is InChI=1S/C19H22O/c1-11(2)13-5-7-15-16-8-6-14(12(3)4)10-18(16)19(20)17(15)9-13/h5-12,15,17H,1-4H3. The van der Waals surface area contributed by atoms with Crippen molar-refractivity contribution in [1.82, 2.24) is 0 Å². The van der Waals surface area contributed by atoms with Crippen LogP contribution in [-0.4, -0.2) is 5.78 Å². The highest BCUT2D eigenvalue weighted by atomic mass is 16.1. The zero-order valence-corrected chi connectivity index (χ0v) is 12.7. The van der Waals surface area contributed by atoms with E-state index in [1.54, 1.807) is 0 Å². The molecule has 0 spiro atoms. The highest BCUT2D eigenvalue weighted by molar-refractivity contribution is 6.05. The Morgan fingerprint density at radius 1 is 1.00 bits per heavy atom. The van der Waals surface area contributed by atoms with Gasteiger partial charge in [0, 0.05) is 11.5 Å². The van der Waals surface area contributed by atoms with Crippen LogP contribution >= 0.6 is 0 Å². The Balaban J connectivity index is 2.04. The molecule has 1 aromatic rings. The number of fused-ring (bicyclic) bond motifs is 3. The van der Waals surface area contributed by atoms with Crippen LogP contribution in [0.5, 0.6) is 0 Å². The summed E-state index contributed by atoms with van der Waals surface area (Å²) in [5, 5.41) is 0. The van der Waals surface area contributed by atoms with E-state index in [9.17, 15) is 4.79 Å². The number of carbonyl (C=O) groups is 1. The van der Waals surface area contributed by atoms with Crippen LogP contribution in [0.25, 0.3) is 0 Å². The van der Waals surface area contributed by atoms with E-state index in [1.165, 1.54) is 16.7 Å². The normalized spacial score (nSPS) is 24.1. The predicted molar refractivity (Wildman–Crippen MR) is 83.2 cm³/mol. The molecule has 0 saturated carbocycles. The smallest absolute Gasteiger partial charge is 0.170 e. The minimum atomic E-state index is 0.0230. The third-order valence-electron chi connectivity index (χ3n) is 4.59. The van der Waals surface area contributed by atoms with Gasteiger partial charge in [0.15, 0.2) is 5.78 Å². The Bertz CT molecular complexity index is 617. The molecule has 2 aliphatic rings. The lowest BCUT2D eigenvalue weighted by Gasteiger charge is -2.20. The molecule has 1 heteroatoms. The van der Waals surface area contributed by atoms with Crippen LogP contribution in [0.2, 0.25) is 0 Å². The zero-order chi connectivity index (χ0) is 14.4. The monoisotopic (exact) mass is 266 g/mol. The molecule has 0 N–H and O–H groups in total. The van der Waals surface area contributed by atoms with Gasteiger partial charge < -0.3 is 0 Å². The topological polar surface area (TPSA) is 17.1 Å². The number of hydrogen-bond donors (Lipinski definition) is 0. The largest absolute Gasteiger partial charge is 0.293 e. The molecule has 0 saturated heterocycles. The van der Waals surface area contributed by atoms with Crippen LogP contribution in [0.15, 0.2) is 42.0 Å². The van der Waals surface area contributed by atoms with E-state index < -0.39 is 0 Å². The number of ketones is 1. The number of Topliss-reactive ketones (excluding diaryl/α,β-unsaturated/α-hetero) is 1. The zero-order valence-electron chi connectivity index (χ0n) is 12.7. The fraction of sp³-hybridized carbons (Fsp3) is 0.421. The first-order valence-electron chi connectivity index (χ1n) is 7.57. The molecule has 0 aliphatic heterocycles. The highest BCUT2D eigenvalue weighted by Gasteiger charge is 2.38. The first-order chi connectivity index (χ1) is 9.49. The van der Waals surface area contributed by atoms with Gasteiger partial charge in [0.2, 0.25) is 0 Å². The van der Waals surface area contributed by atoms with E-state index in [-0.39, 0.29) is 11.8 Å². The van der Waals surface area contributed by atoms with Crippen LogP contribution in [0.3, 0.4) is 0 Å². The number of hydrogen-bond acceptors (Lipinski definition) is 1. The van der Waals surface area contributed by atoms with Crippen molar-refractivity contribution >= 4 is 5.78 Å². The molecule has 0 bridgehead atoms. The van der Waals surface area contributed by atoms with Crippen molar-refractivity contribution in [3.63, 3.8) is 0 Å². The molecule has 1 aromatic carbocycles. The summed E-state index contributed by atoms with van der Waals surface area (Å²) in [6, 6.07) is 6.44. The summed E-state index contributed by atoms with van der Waals surface area (Å²) in [6.45, 7) is 8.70. The van der Waals surface area contributed by atoms with Crippen molar-refractivity contribution in [2.75, 3.05) is 0 Å². The highest BCUT2D eigenvalue weighted by Crippen LogP contribution is 2.43. The van der Waals surface area contributed by atoms with E-state index in [0.29, 0.717) is 17.6 Å². The number of rotatable bonds is 2. The molecule has 2 atom stereocenters. The number of carbonyl (C=O) groups excluding carboxylic acids is 1. The molecule has 2 aliphatic carbocycles. The molecule has 20 heavy (non-hydrogen) atoms. The maximum absolute atomic E-state index is 12.7. The third-order valence-corrected chi connectivity index (χ3v) is 4.59. The second kappa shape index (κ2) is 4.73. The van der Waals surface area contributed by atoms with Gasteiger partial charge in [-0.1, -0.05) is 58.1 Å². The third kappa shape index (κ3) is 1.96. The summed E-state index contributed by atoms with van der Waals surface area (Å²) in [4.78, 5) is 12.7. The van der Waals surface area contributed by atoms with Gasteiger partial charge >= 0.3 is 0 Å². The molecule has 0 heterocycles. The van der Waals surface area contributed by atoms with Gasteiger partial charge in [-0.25, -0.2) is 0 Å². The number of allylic oxidation sites excluding steroid dienone is 4. The lowest BCUT2D eigenvalue weighted by molar-refractivity contribution is 0.0954. The van der Waals surface area contributed by atoms with Gasteiger partial charge in [-0.3, -0.25) is 4.79 Å². The Labute approximate surface area is 121 Å². The van der Waals surface area contributed by atoms with Crippen molar-refractivity contribution in [2.45, 2.75) is 39.5 Å². The number of benzene rings is 1. The minimum absolute atomic E-state index is 0.0230. The van der Waals surface area contributed by atoms with Crippen LogP contribution < -0.4 is 0 Å². The lowest BCUT2D eigenvalue weighted by Crippen LogP contribution is -2.14. The Morgan fingerprint density at radius 3 is 2.40 bits per heavy atom. The Kier molecular flexibility index (Phi) is 3.16. The summed E-state index contributed by atoms with van der Waals surface area (Å²) >= 11 is 0.